The van der Waals surface area contributed by atoms with Gasteiger partial charge < -0.3 is 5.11 Å². The summed E-state index contributed by atoms with van der Waals surface area (Å²) in [5.41, 5.74) is 2.17. The standard InChI is InChI=1S/C12H12N4O2/c17-11(18)9-5-6-13-12(15-9)16-7-14-8-3-1-2-4-10(8)16/h5-7H,1-4H2,(H,17,18). The molecule has 3 rings (SSSR count). The molecular weight excluding hydrogens is 232 g/mol. The molecule has 2 heterocycles. The SMILES string of the molecule is O=C(O)c1ccnc(-n2cnc3c2CCCC3)n1. The quantitative estimate of drug-likeness (QED) is 0.859. The highest BCUT2D eigenvalue weighted by Gasteiger charge is 2.18. The number of aromatic nitrogens is 4. The van der Waals surface area contributed by atoms with Crippen molar-refractivity contribution in [3.63, 3.8) is 0 Å². The molecule has 18 heavy (non-hydrogen) atoms. The Balaban J connectivity index is 2.07. The summed E-state index contributed by atoms with van der Waals surface area (Å²) in [5, 5.41) is 8.93. The van der Waals surface area contributed by atoms with Gasteiger partial charge >= 0.3 is 5.97 Å². The minimum absolute atomic E-state index is 0.00161. The zero-order valence-electron chi connectivity index (χ0n) is 9.70. The summed E-state index contributed by atoms with van der Waals surface area (Å²) in [6.07, 6.45) is 7.33. The Morgan fingerprint density at radius 2 is 2.11 bits per heavy atom. The Hall–Kier alpha value is -2.24. The van der Waals surface area contributed by atoms with Crippen molar-refractivity contribution in [2.45, 2.75) is 25.7 Å². The maximum atomic E-state index is 10.9. The van der Waals surface area contributed by atoms with E-state index in [0.29, 0.717) is 5.95 Å². The highest BCUT2D eigenvalue weighted by atomic mass is 16.4. The number of fused-ring (bicyclic) bond motifs is 1. The zero-order valence-corrected chi connectivity index (χ0v) is 9.70. The lowest BCUT2D eigenvalue weighted by Crippen LogP contribution is -2.11. The van der Waals surface area contributed by atoms with Gasteiger partial charge in [0.15, 0.2) is 5.69 Å². The first-order valence-corrected chi connectivity index (χ1v) is 5.87. The Morgan fingerprint density at radius 3 is 2.94 bits per heavy atom. The van der Waals surface area contributed by atoms with Crippen LogP contribution in [0.15, 0.2) is 18.6 Å². The predicted octanol–water partition coefficient (Wildman–Crippen LogP) is 1.24. The molecule has 1 aliphatic carbocycles. The van der Waals surface area contributed by atoms with Crippen molar-refractivity contribution in [2.75, 3.05) is 0 Å². The second-order valence-corrected chi connectivity index (χ2v) is 4.26. The monoisotopic (exact) mass is 244 g/mol. The predicted molar refractivity (Wildman–Crippen MR) is 62.8 cm³/mol. The minimum Gasteiger partial charge on any atom is -0.477 e. The van der Waals surface area contributed by atoms with Crippen LogP contribution in [-0.4, -0.2) is 30.6 Å². The number of rotatable bonds is 2. The number of carboxylic acid groups (broad SMARTS) is 1. The number of aromatic carboxylic acids is 1. The Labute approximate surface area is 103 Å². The summed E-state index contributed by atoms with van der Waals surface area (Å²) in [6.45, 7) is 0. The number of aryl methyl sites for hydroxylation is 1. The summed E-state index contributed by atoms with van der Waals surface area (Å²) >= 11 is 0. The lowest BCUT2D eigenvalue weighted by atomic mass is 10.0. The van der Waals surface area contributed by atoms with E-state index in [1.165, 1.54) is 12.3 Å². The average Bonchev–Trinajstić information content (AvgIpc) is 2.82. The van der Waals surface area contributed by atoms with E-state index in [0.717, 1.165) is 37.1 Å². The summed E-state index contributed by atoms with van der Waals surface area (Å²) < 4.78 is 1.79. The Kier molecular flexibility index (Phi) is 2.55. The van der Waals surface area contributed by atoms with Gasteiger partial charge in [-0.15, -0.1) is 0 Å². The Bertz CT molecular complexity index is 606. The molecule has 6 nitrogen and oxygen atoms in total. The molecule has 0 saturated carbocycles. The molecule has 0 unspecified atom stereocenters. The highest BCUT2D eigenvalue weighted by Crippen LogP contribution is 2.21. The number of hydrogen-bond acceptors (Lipinski definition) is 4. The first-order chi connectivity index (χ1) is 8.75. The molecule has 1 aliphatic rings. The van der Waals surface area contributed by atoms with Crippen LogP contribution in [0.1, 0.15) is 34.7 Å². The van der Waals surface area contributed by atoms with Gasteiger partial charge in [-0.2, -0.15) is 0 Å². The minimum atomic E-state index is -1.05. The molecule has 0 aromatic carbocycles. The second-order valence-electron chi connectivity index (χ2n) is 4.26. The molecular formula is C12H12N4O2. The smallest absolute Gasteiger partial charge is 0.354 e. The summed E-state index contributed by atoms with van der Waals surface area (Å²) in [5.74, 6) is -0.668. The largest absolute Gasteiger partial charge is 0.477 e. The number of nitrogens with zero attached hydrogens (tertiary/aromatic N) is 4. The van der Waals surface area contributed by atoms with Gasteiger partial charge in [0.1, 0.15) is 6.33 Å². The first-order valence-electron chi connectivity index (χ1n) is 5.87. The molecule has 0 bridgehead atoms. The van der Waals surface area contributed by atoms with Gasteiger partial charge in [-0.1, -0.05) is 0 Å². The van der Waals surface area contributed by atoms with Gasteiger partial charge in [-0.05, 0) is 31.7 Å². The molecule has 2 aromatic rings. The van der Waals surface area contributed by atoms with E-state index in [2.05, 4.69) is 15.0 Å². The highest BCUT2D eigenvalue weighted by molar-refractivity contribution is 5.85. The van der Waals surface area contributed by atoms with Crippen LogP contribution in [0.5, 0.6) is 0 Å². The van der Waals surface area contributed by atoms with Gasteiger partial charge in [0, 0.05) is 11.9 Å². The summed E-state index contributed by atoms with van der Waals surface area (Å²) in [6, 6.07) is 1.38. The van der Waals surface area contributed by atoms with Crippen molar-refractivity contribution < 1.29 is 9.90 Å². The Morgan fingerprint density at radius 1 is 1.28 bits per heavy atom. The van der Waals surface area contributed by atoms with Crippen LogP contribution < -0.4 is 0 Å². The summed E-state index contributed by atoms with van der Waals surface area (Å²) in [7, 11) is 0. The molecule has 0 radical (unpaired) electrons. The number of carbonyl (C=O) groups is 1. The number of carboxylic acids is 1. The first kappa shape index (κ1) is 10.9. The normalized spacial score (nSPS) is 14.2. The van der Waals surface area contributed by atoms with E-state index in [-0.39, 0.29) is 5.69 Å². The van der Waals surface area contributed by atoms with Crippen LogP contribution in [-0.2, 0) is 12.8 Å². The van der Waals surface area contributed by atoms with E-state index in [9.17, 15) is 4.79 Å². The van der Waals surface area contributed by atoms with Crippen LogP contribution >= 0.6 is 0 Å². The van der Waals surface area contributed by atoms with Crippen molar-refractivity contribution in [3.8, 4) is 5.95 Å². The summed E-state index contributed by atoms with van der Waals surface area (Å²) in [4.78, 5) is 23.4. The average molecular weight is 244 g/mol. The van der Waals surface area contributed by atoms with Crippen LogP contribution in [0, 0.1) is 0 Å². The third kappa shape index (κ3) is 1.75. The molecule has 2 aromatic heterocycles. The second kappa shape index (κ2) is 4.21. The van der Waals surface area contributed by atoms with E-state index in [1.54, 1.807) is 10.9 Å². The molecule has 0 atom stereocenters. The van der Waals surface area contributed by atoms with E-state index in [4.69, 9.17) is 5.11 Å². The van der Waals surface area contributed by atoms with Crippen molar-refractivity contribution in [1.82, 2.24) is 19.5 Å². The fourth-order valence-corrected chi connectivity index (χ4v) is 2.23. The van der Waals surface area contributed by atoms with E-state index in [1.807, 2.05) is 0 Å². The third-order valence-electron chi connectivity index (χ3n) is 3.11. The molecule has 0 saturated heterocycles. The van der Waals surface area contributed by atoms with Crippen molar-refractivity contribution in [1.29, 1.82) is 0 Å². The number of hydrogen-bond donors (Lipinski definition) is 1. The van der Waals surface area contributed by atoms with Crippen LogP contribution in [0.2, 0.25) is 0 Å². The van der Waals surface area contributed by atoms with Gasteiger partial charge in [0.25, 0.3) is 0 Å². The van der Waals surface area contributed by atoms with Crippen molar-refractivity contribution in [3.05, 3.63) is 35.7 Å². The van der Waals surface area contributed by atoms with Gasteiger partial charge in [0.05, 0.1) is 5.69 Å². The fourth-order valence-electron chi connectivity index (χ4n) is 2.23. The third-order valence-corrected chi connectivity index (χ3v) is 3.11. The number of imidazole rings is 1. The van der Waals surface area contributed by atoms with Crippen molar-refractivity contribution >= 4 is 5.97 Å². The van der Waals surface area contributed by atoms with E-state index < -0.39 is 5.97 Å². The van der Waals surface area contributed by atoms with Crippen LogP contribution in [0.4, 0.5) is 0 Å². The zero-order chi connectivity index (χ0) is 12.5. The molecule has 0 fully saturated rings. The molecule has 0 aliphatic heterocycles. The lowest BCUT2D eigenvalue weighted by Gasteiger charge is -2.12. The van der Waals surface area contributed by atoms with E-state index >= 15 is 0 Å². The van der Waals surface area contributed by atoms with Gasteiger partial charge in [-0.25, -0.2) is 19.7 Å². The van der Waals surface area contributed by atoms with Crippen LogP contribution in [0.3, 0.4) is 0 Å². The molecule has 0 amide bonds. The molecule has 6 heteroatoms. The van der Waals surface area contributed by atoms with Crippen LogP contribution in [0.25, 0.3) is 5.95 Å². The fraction of sp³-hybridized carbons (Fsp3) is 0.333. The molecule has 92 valence electrons. The molecule has 0 spiro atoms. The maximum absolute atomic E-state index is 10.9. The topological polar surface area (TPSA) is 80.9 Å². The maximum Gasteiger partial charge on any atom is 0.354 e. The van der Waals surface area contributed by atoms with Crippen molar-refractivity contribution in [2.24, 2.45) is 0 Å². The van der Waals surface area contributed by atoms with Gasteiger partial charge in [-0.3, -0.25) is 4.57 Å². The van der Waals surface area contributed by atoms with Gasteiger partial charge in [0.2, 0.25) is 5.95 Å². The molecule has 1 N–H and O–H groups in total. The lowest BCUT2D eigenvalue weighted by molar-refractivity contribution is 0.0690.